The summed E-state index contributed by atoms with van der Waals surface area (Å²) < 4.78 is 17.1. The van der Waals surface area contributed by atoms with Crippen molar-refractivity contribution in [2.45, 2.75) is 69.4 Å². The van der Waals surface area contributed by atoms with Gasteiger partial charge >= 0.3 is 0 Å². The summed E-state index contributed by atoms with van der Waals surface area (Å²) in [5.41, 5.74) is 2.97. The van der Waals surface area contributed by atoms with E-state index < -0.39 is 82.6 Å². The Morgan fingerprint density at radius 2 is 1.82 bits per heavy atom. The van der Waals surface area contributed by atoms with Crippen LogP contribution in [-0.2, 0) is 20.7 Å². The van der Waals surface area contributed by atoms with E-state index in [1.165, 1.54) is 32.2 Å². The van der Waals surface area contributed by atoms with Crippen LogP contribution < -0.4 is 10.5 Å². The van der Waals surface area contributed by atoms with Gasteiger partial charge in [0.05, 0.1) is 42.1 Å². The van der Waals surface area contributed by atoms with Crippen LogP contribution in [0, 0.1) is 0 Å². The SMILES string of the molecule is COc1cccc2c1C(=O)c1c(O)c3c(c(O)c1C2=O)C[C@@](O)(C(C)=O)C[C@H]3O[C@H]1C[C@H](N)[C@@H](O)[C@H](C)O1. The molecule has 2 aromatic carbocycles. The van der Waals surface area contributed by atoms with Crippen molar-refractivity contribution in [2.75, 3.05) is 7.11 Å². The standard InChI is InChI=1S/C27H29NO10/c1-10-22(30)14(28)7-17(37-10)38-16-9-27(35,11(2)29)8-13-19(16)26(34)21-20(24(13)32)23(31)12-5-4-6-15(36-3)18(12)25(21)33/h4-6,10,14,16-17,22,30,32,34-35H,7-9,28H2,1-3H3/t10-,14-,16+,17-,22-,27-/m0/s1. The Morgan fingerprint density at radius 1 is 1.13 bits per heavy atom. The molecule has 2 aliphatic carbocycles. The van der Waals surface area contributed by atoms with E-state index in [1.807, 2.05) is 0 Å². The van der Waals surface area contributed by atoms with Gasteiger partial charge in [-0.25, -0.2) is 0 Å². The molecule has 5 rings (SSSR count). The number of nitrogens with two attached hydrogens (primary N) is 1. The number of aromatic hydroxyl groups is 2. The monoisotopic (exact) mass is 527 g/mol. The molecule has 0 radical (unpaired) electrons. The molecule has 1 saturated heterocycles. The lowest BCUT2D eigenvalue weighted by Gasteiger charge is -2.42. The predicted octanol–water partition coefficient (Wildman–Crippen LogP) is 1.03. The molecule has 0 saturated carbocycles. The van der Waals surface area contributed by atoms with Crippen LogP contribution in [0.4, 0.5) is 0 Å². The van der Waals surface area contributed by atoms with Crippen molar-refractivity contribution in [3.8, 4) is 17.2 Å². The molecule has 0 unspecified atom stereocenters. The number of rotatable bonds is 4. The predicted molar refractivity (Wildman–Crippen MR) is 130 cm³/mol. The zero-order valence-electron chi connectivity index (χ0n) is 21.1. The molecule has 11 heteroatoms. The number of Topliss-reactive ketones (excluding diaryl/α,β-unsaturated/α-hetero) is 1. The smallest absolute Gasteiger partial charge is 0.202 e. The number of carbonyl (C=O) groups excluding carboxylic acids is 3. The summed E-state index contributed by atoms with van der Waals surface area (Å²) in [5, 5.41) is 44.1. The highest BCUT2D eigenvalue weighted by molar-refractivity contribution is 6.31. The largest absolute Gasteiger partial charge is 0.507 e. The van der Waals surface area contributed by atoms with Crippen molar-refractivity contribution in [3.63, 3.8) is 0 Å². The normalized spacial score (nSPS) is 30.3. The van der Waals surface area contributed by atoms with Gasteiger partial charge in [0, 0.05) is 42.0 Å². The molecule has 38 heavy (non-hydrogen) atoms. The average molecular weight is 528 g/mol. The number of hydrogen-bond acceptors (Lipinski definition) is 11. The first-order chi connectivity index (χ1) is 17.9. The molecule has 6 N–H and O–H groups in total. The Bertz CT molecular complexity index is 1360. The number of ether oxygens (including phenoxy) is 3. The van der Waals surface area contributed by atoms with E-state index in [9.17, 15) is 34.8 Å². The van der Waals surface area contributed by atoms with Crippen LogP contribution in [0.1, 0.15) is 75.8 Å². The van der Waals surface area contributed by atoms with Crippen LogP contribution in [0.25, 0.3) is 0 Å². The number of hydrogen-bond donors (Lipinski definition) is 5. The lowest BCUT2D eigenvalue weighted by molar-refractivity contribution is -0.247. The fourth-order valence-electron chi connectivity index (χ4n) is 5.66. The van der Waals surface area contributed by atoms with Crippen LogP contribution in [-0.4, -0.2) is 75.0 Å². The van der Waals surface area contributed by atoms with E-state index in [0.29, 0.717) is 0 Å². The van der Waals surface area contributed by atoms with E-state index in [1.54, 1.807) is 6.92 Å². The molecule has 0 amide bonds. The lowest BCUT2D eigenvalue weighted by atomic mass is 9.72. The lowest BCUT2D eigenvalue weighted by Crippen LogP contribution is -2.52. The molecule has 0 bridgehead atoms. The van der Waals surface area contributed by atoms with Gasteiger partial charge in [-0.3, -0.25) is 14.4 Å². The third-order valence-electron chi connectivity index (χ3n) is 7.80. The molecule has 0 spiro atoms. The number of fused-ring (bicyclic) bond motifs is 3. The minimum atomic E-state index is -2.00. The maximum Gasteiger partial charge on any atom is 0.202 e. The summed E-state index contributed by atoms with van der Waals surface area (Å²) in [6.45, 7) is 2.79. The highest BCUT2D eigenvalue weighted by Gasteiger charge is 2.49. The summed E-state index contributed by atoms with van der Waals surface area (Å²) in [6, 6.07) is 3.75. The van der Waals surface area contributed by atoms with Crippen LogP contribution in [0.2, 0.25) is 0 Å². The maximum atomic E-state index is 13.6. The van der Waals surface area contributed by atoms with Crippen LogP contribution in [0.5, 0.6) is 17.2 Å². The Balaban J connectivity index is 1.68. The van der Waals surface area contributed by atoms with Crippen molar-refractivity contribution in [1.29, 1.82) is 0 Å². The molecule has 2 aromatic rings. The Kier molecular flexibility index (Phi) is 6.32. The first-order valence-corrected chi connectivity index (χ1v) is 12.2. The molecule has 6 atom stereocenters. The van der Waals surface area contributed by atoms with Gasteiger partial charge < -0.3 is 40.4 Å². The number of phenols is 2. The maximum absolute atomic E-state index is 13.6. The second-order valence-electron chi connectivity index (χ2n) is 10.1. The minimum absolute atomic E-state index is 0.0147. The van der Waals surface area contributed by atoms with E-state index in [-0.39, 0.29) is 40.8 Å². The molecular formula is C27H29NO10. The second-order valence-corrected chi connectivity index (χ2v) is 10.1. The summed E-state index contributed by atoms with van der Waals surface area (Å²) in [7, 11) is 1.34. The highest BCUT2D eigenvalue weighted by atomic mass is 16.7. The second kappa shape index (κ2) is 9.14. The number of phenolic OH excluding ortho intramolecular Hbond substituents is 2. The Morgan fingerprint density at radius 3 is 2.45 bits per heavy atom. The third-order valence-corrected chi connectivity index (χ3v) is 7.80. The van der Waals surface area contributed by atoms with Gasteiger partial charge in [0.1, 0.15) is 22.8 Å². The van der Waals surface area contributed by atoms with Crippen molar-refractivity contribution in [3.05, 3.63) is 51.6 Å². The van der Waals surface area contributed by atoms with E-state index in [4.69, 9.17) is 19.9 Å². The number of ketones is 3. The van der Waals surface area contributed by atoms with Gasteiger partial charge in [0.15, 0.2) is 17.9 Å². The zero-order valence-corrected chi connectivity index (χ0v) is 21.1. The van der Waals surface area contributed by atoms with Crippen molar-refractivity contribution in [1.82, 2.24) is 0 Å². The number of methoxy groups -OCH3 is 1. The molecule has 1 fully saturated rings. The fraction of sp³-hybridized carbons (Fsp3) is 0.444. The third kappa shape index (κ3) is 3.81. The van der Waals surface area contributed by atoms with Crippen LogP contribution >= 0.6 is 0 Å². The van der Waals surface area contributed by atoms with Crippen molar-refractivity contribution < 1.29 is 49.0 Å². The summed E-state index contributed by atoms with van der Waals surface area (Å²) >= 11 is 0. The molecular weight excluding hydrogens is 498 g/mol. The van der Waals surface area contributed by atoms with E-state index >= 15 is 0 Å². The Labute approximate surface area is 217 Å². The van der Waals surface area contributed by atoms with Gasteiger partial charge in [0.2, 0.25) is 5.78 Å². The van der Waals surface area contributed by atoms with Crippen LogP contribution in [0.15, 0.2) is 18.2 Å². The summed E-state index contributed by atoms with van der Waals surface area (Å²) in [5.74, 6) is -3.18. The summed E-state index contributed by atoms with van der Waals surface area (Å²) in [6.07, 6.45) is -4.53. The van der Waals surface area contributed by atoms with Gasteiger partial charge in [-0.15, -0.1) is 0 Å². The van der Waals surface area contributed by atoms with Gasteiger partial charge in [-0.05, 0) is 19.9 Å². The number of carbonyl (C=O) groups is 3. The van der Waals surface area contributed by atoms with E-state index in [0.717, 1.165) is 0 Å². The molecule has 11 nitrogen and oxygen atoms in total. The topological polar surface area (TPSA) is 186 Å². The average Bonchev–Trinajstić information content (AvgIpc) is 2.87. The fourth-order valence-corrected chi connectivity index (χ4v) is 5.66. The zero-order chi connectivity index (χ0) is 27.7. The first-order valence-electron chi connectivity index (χ1n) is 12.2. The van der Waals surface area contributed by atoms with E-state index in [2.05, 4.69) is 0 Å². The highest BCUT2D eigenvalue weighted by Crippen LogP contribution is 2.52. The minimum Gasteiger partial charge on any atom is -0.507 e. The number of benzene rings is 2. The Hall–Kier alpha value is -3.35. The molecule has 1 aliphatic heterocycles. The van der Waals surface area contributed by atoms with Gasteiger partial charge in [0.25, 0.3) is 0 Å². The van der Waals surface area contributed by atoms with Crippen molar-refractivity contribution in [2.24, 2.45) is 5.73 Å². The molecule has 202 valence electrons. The number of aliphatic hydroxyl groups is 2. The first kappa shape index (κ1) is 26.3. The van der Waals surface area contributed by atoms with Gasteiger partial charge in [-0.1, -0.05) is 12.1 Å². The molecule has 1 heterocycles. The quantitative estimate of drug-likeness (QED) is 0.305. The molecule has 0 aromatic heterocycles. The molecule has 3 aliphatic rings. The summed E-state index contributed by atoms with van der Waals surface area (Å²) in [4.78, 5) is 39.6. The van der Waals surface area contributed by atoms with Crippen molar-refractivity contribution >= 4 is 17.3 Å². The van der Waals surface area contributed by atoms with Crippen LogP contribution in [0.3, 0.4) is 0 Å². The van der Waals surface area contributed by atoms with Gasteiger partial charge in [-0.2, -0.15) is 0 Å². The number of aliphatic hydroxyl groups excluding tert-OH is 1.